The Morgan fingerprint density at radius 2 is 2.47 bits per heavy atom. The monoisotopic (exact) mass is 280 g/mol. The van der Waals surface area contributed by atoms with E-state index in [9.17, 15) is 4.79 Å². The number of carbonyl (C=O) groups is 1. The van der Waals surface area contributed by atoms with Gasteiger partial charge in [0.25, 0.3) is 0 Å². The van der Waals surface area contributed by atoms with Gasteiger partial charge in [0.15, 0.2) is 0 Å². The van der Waals surface area contributed by atoms with E-state index in [4.69, 9.17) is 0 Å². The van der Waals surface area contributed by atoms with Crippen LogP contribution >= 0.6 is 11.3 Å². The first-order valence-electron chi connectivity index (χ1n) is 7.18. The lowest BCUT2D eigenvalue weighted by Gasteiger charge is -2.34. The summed E-state index contributed by atoms with van der Waals surface area (Å²) < 4.78 is 0. The van der Waals surface area contributed by atoms with Gasteiger partial charge in [0.2, 0.25) is 5.91 Å². The fraction of sp³-hybridized carbons (Fsp3) is 0.667. The van der Waals surface area contributed by atoms with Crippen molar-refractivity contribution in [2.45, 2.75) is 39.0 Å². The van der Waals surface area contributed by atoms with E-state index < -0.39 is 0 Å². The fourth-order valence-electron chi connectivity index (χ4n) is 2.55. The molecule has 1 atom stereocenters. The molecule has 1 saturated heterocycles. The van der Waals surface area contributed by atoms with Crippen LogP contribution in [0.4, 0.5) is 0 Å². The molecule has 1 fully saturated rings. The molecular formula is C15H24N2OS. The van der Waals surface area contributed by atoms with Crippen molar-refractivity contribution < 1.29 is 4.79 Å². The van der Waals surface area contributed by atoms with Crippen LogP contribution in [-0.2, 0) is 11.2 Å². The number of thiophene rings is 1. The van der Waals surface area contributed by atoms with Gasteiger partial charge in [-0.25, -0.2) is 0 Å². The summed E-state index contributed by atoms with van der Waals surface area (Å²) in [7, 11) is 0. The molecule has 1 amide bonds. The molecule has 4 heteroatoms. The minimum atomic E-state index is 0.198. The van der Waals surface area contributed by atoms with Crippen LogP contribution in [0.5, 0.6) is 0 Å². The van der Waals surface area contributed by atoms with Crippen molar-refractivity contribution in [3.63, 3.8) is 0 Å². The van der Waals surface area contributed by atoms with Gasteiger partial charge in [0.1, 0.15) is 0 Å². The fourth-order valence-corrected chi connectivity index (χ4v) is 3.30. The molecule has 0 spiro atoms. The summed E-state index contributed by atoms with van der Waals surface area (Å²) in [4.78, 5) is 13.2. The number of hydrogen-bond donors (Lipinski definition) is 2. The molecule has 1 aliphatic heterocycles. The van der Waals surface area contributed by atoms with Crippen LogP contribution in [0.3, 0.4) is 0 Å². The molecule has 2 heterocycles. The summed E-state index contributed by atoms with van der Waals surface area (Å²) in [5, 5.41) is 8.60. The Labute approximate surface area is 119 Å². The molecule has 2 rings (SSSR count). The van der Waals surface area contributed by atoms with Crippen molar-refractivity contribution in [1.82, 2.24) is 10.6 Å². The summed E-state index contributed by atoms with van der Waals surface area (Å²) in [6.07, 6.45) is 5.02. The van der Waals surface area contributed by atoms with Crippen molar-refractivity contribution in [3.8, 4) is 0 Å². The molecule has 0 aromatic carbocycles. The highest BCUT2D eigenvalue weighted by Crippen LogP contribution is 2.24. The van der Waals surface area contributed by atoms with Crippen molar-refractivity contribution in [1.29, 1.82) is 0 Å². The van der Waals surface area contributed by atoms with Gasteiger partial charge < -0.3 is 10.6 Å². The number of amides is 1. The van der Waals surface area contributed by atoms with Crippen LogP contribution < -0.4 is 10.6 Å². The van der Waals surface area contributed by atoms with Gasteiger partial charge in [-0.1, -0.05) is 13.0 Å². The van der Waals surface area contributed by atoms with E-state index >= 15 is 0 Å². The molecule has 106 valence electrons. The lowest BCUT2D eigenvalue weighted by atomic mass is 9.83. The third-order valence-electron chi connectivity index (χ3n) is 3.81. The van der Waals surface area contributed by atoms with Gasteiger partial charge in [-0.3, -0.25) is 4.79 Å². The largest absolute Gasteiger partial charge is 0.356 e. The summed E-state index contributed by atoms with van der Waals surface area (Å²) in [6, 6.07) is 4.20. The smallest absolute Gasteiger partial charge is 0.220 e. The molecule has 0 saturated carbocycles. The highest BCUT2D eigenvalue weighted by atomic mass is 32.1. The third-order valence-corrected chi connectivity index (χ3v) is 4.74. The first kappa shape index (κ1) is 14.5. The Hall–Kier alpha value is -0.870. The lowest BCUT2D eigenvalue weighted by Crippen LogP contribution is -2.45. The molecule has 3 nitrogen and oxygen atoms in total. The molecule has 1 unspecified atom stereocenters. The van der Waals surface area contributed by atoms with Crippen molar-refractivity contribution >= 4 is 17.2 Å². The number of hydrogen-bond acceptors (Lipinski definition) is 3. The van der Waals surface area contributed by atoms with E-state index in [-0.39, 0.29) is 11.3 Å². The van der Waals surface area contributed by atoms with Gasteiger partial charge in [0.05, 0.1) is 0 Å². The van der Waals surface area contributed by atoms with Crippen LogP contribution in [0.25, 0.3) is 0 Å². The molecule has 1 aromatic rings. The standard InChI is InChI=1S/C15H24N2OS/c1-15(8-4-9-16-11-15)12-17-14(18)7-2-5-13-6-3-10-19-13/h3,6,10,16H,2,4-5,7-9,11-12H2,1H3,(H,17,18). The number of piperidine rings is 1. The molecule has 2 N–H and O–H groups in total. The zero-order valence-electron chi connectivity index (χ0n) is 11.7. The number of nitrogens with one attached hydrogen (secondary N) is 2. The van der Waals surface area contributed by atoms with Crippen LogP contribution in [0, 0.1) is 5.41 Å². The quantitative estimate of drug-likeness (QED) is 0.841. The minimum Gasteiger partial charge on any atom is -0.356 e. The second kappa shape index (κ2) is 7.06. The van der Waals surface area contributed by atoms with Crippen molar-refractivity contribution in [2.24, 2.45) is 5.41 Å². The lowest BCUT2D eigenvalue weighted by molar-refractivity contribution is -0.121. The first-order valence-corrected chi connectivity index (χ1v) is 8.06. The third kappa shape index (κ3) is 4.96. The van der Waals surface area contributed by atoms with Crippen LogP contribution in [0.1, 0.15) is 37.5 Å². The Morgan fingerprint density at radius 1 is 1.58 bits per heavy atom. The predicted octanol–water partition coefficient (Wildman–Crippen LogP) is 2.58. The number of aryl methyl sites for hydroxylation is 1. The first-order chi connectivity index (χ1) is 9.18. The molecule has 0 aliphatic carbocycles. The van der Waals surface area contributed by atoms with Gasteiger partial charge in [-0.15, -0.1) is 11.3 Å². The van der Waals surface area contributed by atoms with E-state index in [1.807, 2.05) is 0 Å². The summed E-state index contributed by atoms with van der Waals surface area (Å²) in [5.74, 6) is 0.198. The second-order valence-electron chi connectivity index (χ2n) is 5.80. The van der Waals surface area contributed by atoms with Crippen LogP contribution in [0.15, 0.2) is 17.5 Å². The molecule has 1 aromatic heterocycles. The maximum absolute atomic E-state index is 11.8. The van der Waals surface area contributed by atoms with Crippen LogP contribution in [-0.4, -0.2) is 25.5 Å². The average molecular weight is 280 g/mol. The highest BCUT2D eigenvalue weighted by Gasteiger charge is 2.26. The van der Waals surface area contributed by atoms with Gasteiger partial charge >= 0.3 is 0 Å². The topological polar surface area (TPSA) is 41.1 Å². The van der Waals surface area contributed by atoms with Gasteiger partial charge in [-0.2, -0.15) is 0 Å². The second-order valence-corrected chi connectivity index (χ2v) is 6.83. The normalized spacial score (nSPS) is 23.2. The SMILES string of the molecule is CC1(CNC(=O)CCCc2cccs2)CCCNC1. The van der Waals surface area contributed by atoms with E-state index in [0.717, 1.165) is 32.5 Å². The maximum Gasteiger partial charge on any atom is 0.220 e. The Morgan fingerprint density at radius 3 is 3.16 bits per heavy atom. The Balaban J connectivity index is 1.61. The zero-order valence-corrected chi connectivity index (χ0v) is 12.5. The minimum absolute atomic E-state index is 0.198. The molecule has 0 radical (unpaired) electrons. The van der Waals surface area contributed by atoms with Gasteiger partial charge in [0, 0.05) is 24.4 Å². The summed E-state index contributed by atoms with van der Waals surface area (Å²) in [6.45, 7) is 5.19. The summed E-state index contributed by atoms with van der Waals surface area (Å²) >= 11 is 1.77. The Bertz CT molecular complexity index is 383. The molecular weight excluding hydrogens is 256 g/mol. The number of carbonyl (C=O) groups excluding carboxylic acids is 1. The van der Waals surface area contributed by atoms with Crippen LogP contribution in [0.2, 0.25) is 0 Å². The number of rotatable bonds is 6. The predicted molar refractivity (Wildman–Crippen MR) is 80.5 cm³/mol. The maximum atomic E-state index is 11.8. The molecule has 0 bridgehead atoms. The van der Waals surface area contributed by atoms with E-state index in [1.165, 1.54) is 17.7 Å². The molecule has 1 aliphatic rings. The van der Waals surface area contributed by atoms with E-state index in [2.05, 4.69) is 35.1 Å². The van der Waals surface area contributed by atoms with E-state index in [1.54, 1.807) is 11.3 Å². The Kier molecular flexibility index (Phi) is 5.40. The average Bonchev–Trinajstić information content (AvgIpc) is 2.91. The van der Waals surface area contributed by atoms with Gasteiger partial charge in [-0.05, 0) is 49.1 Å². The molecule has 19 heavy (non-hydrogen) atoms. The van der Waals surface area contributed by atoms with Crippen molar-refractivity contribution in [2.75, 3.05) is 19.6 Å². The highest BCUT2D eigenvalue weighted by molar-refractivity contribution is 7.09. The summed E-state index contributed by atoms with van der Waals surface area (Å²) in [5.41, 5.74) is 0.238. The van der Waals surface area contributed by atoms with Crippen molar-refractivity contribution in [3.05, 3.63) is 22.4 Å². The zero-order chi connectivity index (χ0) is 13.6. The van der Waals surface area contributed by atoms with E-state index in [0.29, 0.717) is 6.42 Å².